The lowest BCUT2D eigenvalue weighted by Crippen LogP contribution is -2.35. The Bertz CT molecular complexity index is 663. The highest BCUT2D eigenvalue weighted by Crippen LogP contribution is 2.29. The number of fused-ring (bicyclic) bond motifs is 1. The van der Waals surface area contributed by atoms with E-state index >= 15 is 0 Å². The standard InChI is InChI=1S/C16H24N6S/c1-12-17-19-15(23-12)11-21-8-5-6-13(10-21)16-20-18-14-7-3-2-4-9-22(14)16/h13H,2-11H2,1H3/t13-/m0/s1. The molecule has 1 fully saturated rings. The zero-order valence-electron chi connectivity index (χ0n) is 13.7. The molecular weight excluding hydrogens is 308 g/mol. The minimum atomic E-state index is 0.511. The van der Waals surface area contributed by atoms with Crippen molar-refractivity contribution in [2.24, 2.45) is 0 Å². The van der Waals surface area contributed by atoms with Gasteiger partial charge in [-0.2, -0.15) is 0 Å². The van der Waals surface area contributed by atoms with Crippen LogP contribution in [0.1, 0.15) is 59.7 Å². The van der Waals surface area contributed by atoms with Gasteiger partial charge in [-0.1, -0.05) is 6.42 Å². The van der Waals surface area contributed by atoms with Gasteiger partial charge >= 0.3 is 0 Å². The van der Waals surface area contributed by atoms with E-state index < -0.39 is 0 Å². The van der Waals surface area contributed by atoms with Crippen LogP contribution >= 0.6 is 11.3 Å². The van der Waals surface area contributed by atoms with E-state index in [0.29, 0.717) is 5.92 Å². The molecule has 1 saturated heterocycles. The molecular formula is C16H24N6S. The first-order valence-electron chi connectivity index (χ1n) is 8.73. The lowest BCUT2D eigenvalue weighted by atomic mass is 9.97. The topological polar surface area (TPSA) is 59.7 Å². The normalized spacial score (nSPS) is 22.7. The molecule has 0 aromatic carbocycles. The Labute approximate surface area is 140 Å². The molecule has 0 bridgehead atoms. The van der Waals surface area contributed by atoms with Crippen LogP contribution in [-0.2, 0) is 19.5 Å². The van der Waals surface area contributed by atoms with E-state index in [4.69, 9.17) is 0 Å². The van der Waals surface area contributed by atoms with Crippen LogP contribution in [0.15, 0.2) is 0 Å². The third-order valence-electron chi connectivity index (χ3n) is 4.94. The molecule has 0 amide bonds. The van der Waals surface area contributed by atoms with Gasteiger partial charge in [-0.3, -0.25) is 4.90 Å². The first kappa shape index (κ1) is 15.2. The van der Waals surface area contributed by atoms with Crippen molar-refractivity contribution in [1.82, 2.24) is 29.9 Å². The zero-order valence-corrected chi connectivity index (χ0v) is 14.6. The van der Waals surface area contributed by atoms with Gasteiger partial charge in [0.25, 0.3) is 0 Å². The molecule has 0 radical (unpaired) electrons. The van der Waals surface area contributed by atoms with Crippen LogP contribution in [0, 0.1) is 6.92 Å². The number of rotatable bonds is 3. The lowest BCUT2D eigenvalue weighted by Gasteiger charge is -2.31. The van der Waals surface area contributed by atoms with Gasteiger partial charge in [-0.15, -0.1) is 31.7 Å². The Morgan fingerprint density at radius 2 is 2.00 bits per heavy atom. The molecule has 124 valence electrons. The van der Waals surface area contributed by atoms with Gasteiger partial charge in [0.15, 0.2) is 0 Å². The molecule has 0 saturated carbocycles. The summed E-state index contributed by atoms with van der Waals surface area (Å²) in [5.41, 5.74) is 0. The number of piperidine rings is 1. The highest BCUT2D eigenvalue weighted by Gasteiger charge is 2.27. The van der Waals surface area contributed by atoms with Crippen LogP contribution in [0.25, 0.3) is 0 Å². The molecule has 2 aromatic heterocycles. The van der Waals surface area contributed by atoms with Gasteiger partial charge in [0.2, 0.25) is 0 Å². The van der Waals surface area contributed by atoms with E-state index in [-0.39, 0.29) is 0 Å². The van der Waals surface area contributed by atoms with Gasteiger partial charge in [0, 0.05) is 25.4 Å². The van der Waals surface area contributed by atoms with Crippen molar-refractivity contribution in [1.29, 1.82) is 0 Å². The van der Waals surface area contributed by atoms with Gasteiger partial charge in [-0.05, 0) is 39.2 Å². The fourth-order valence-corrected chi connectivity index (χ4v) is 4.56. The average molecular weight is 332 g/mol. The number of aryl methyl sites for hydroxylation is 2. The fourth-order valence-electron chi connectivity index (χ4n) is 3.81. The minimum absolute atomic E-state index is 0.511. The highest BCUT2D eigenvalue weighted by atomic mass is 32.1. The van der Waals surface area contributed by atoms with Gasteiger partial charge < -0.3 is 4.57 Å². The average Bonchev–Trinajstić information content (AvgIpc) is 3.07. The van der Waals surface area contributed by atoms with Crippen LogP contribution in [0.5, 0.6) is 0 Å². The van der Waals surface area contributed by atoms with E-state index in [9.17, 15) is 0 Å². The second-order valence-corrected chi connectivity index (χ2v) is 7.99. The summed E-state index contributed by atoms with van der Waals surface area (Å²) in [5, 5.41) is 19.6. The smallest absolute Gasteiger partial charge is 0.137 e. The minimum Gasteiger partial charge on any atom is -0.315 e. The predicted molar refractivity (Wildman–Crippen MR) is 89.5 cm³/mol. The van der Waals surface area contributed by atoms with Crippen LogP contribution in [-0.4, -0.2) is 43.0 Å². The SMILES string of the molecule is Cc1nnc(CN2CCC[C@H](c3nnc4n3CCCCC4)C2)s1. The summed E-state index contributed by atoms with van der Waals surface area (Å²) in [6.07, 6.45) is 7.38. The highest BCUT2D eigenvalue weighted by molar-refractivity contribution is 7.11. The molecule has 7 heteroatoms. The molecule has 4 rings (SSSR count). The molecule has 2 aliphatic rings. The Kier molecular flexibility index (Phi) is 4.39. The summed E-state index contributed by atoms with van der Waals surface area (Å²) in [6.45, 7) is 6.26. The quantitative estimate of drug-likeness (QED) is 0.864. The molecule has 0 spiro atoms. The second-order valence-electron chi connectivity index (χ2n) is 6.73. The molecule has 2 aromatic rings. The maximum atomic E-state index is 4.57. The predicted octanol–water partition coefficient (Wildman–Crippen LogP) is 2.54. The molecule has 6 nitrogen and oxygen atoms in total. The summed E-state index contributed by atoms with van der Waals surface area (Å²) < 4.78 is 2.41. The maximum Gasteiger partial charge on any atom is 0.137 e. The number of nitrogens with zero attached hydrogens (tertiary/aromatic N) is 6. The molecule has 0 N–H and O–H groups in total. The molecule has 0 aliphatic carbocycles. The number of aromatic nitrogens is 5. The van der Waals surface area contributed by atoms with Crippen molar-refractivity contribution in [3.8, 4) is 0 Å². The summed E-state index contributed by atoms with van der Waals surface area (Å²) >= 11 is 1.71. The number of hydrogen-bond acceptors (Lipinski definition) is 6. The van der Waals surface area contributed by atoms with E-state index in [2.05, 4.69) is 29.9 Å². The first-order chi connectivity index (χ1) is 11.3. The summed E-state index contributed by atoms with van der Waals surface area (Å²) in [6, 6.07) is 0. The zero-order chi connectivity index (χ0) is 15.6. The molecule has 0 unspecified atom stereocenters. The number of hydrogen-bond donors (Lipinski definition) is 0. The third-order valence-corrected chi connectivity index (χ3v) is 5.76. The largest absolute Gasteiger partial charge is 0.315 e. The van der Waals surface area contributed by atoms with Crippen LogP contribution in [0.3, 0.4) is 0 Å². The Morgan fingerprint density at radius 1 is 1.04 bits per heavy atom. The fraction of sp³-hybridized carbons (Fsp3) is 0.750. The molecule has 23 heavy (non-hydrogen) atoms. The first-order valence-corrected chi connectivity index (χ1v) is 9.54. The van der Waals surface area contributed by atoms with Crippen molar-refractivity contribution in [2.45, 2.75) is 64.5 Å². The Morgan fingerprint density at radius 3 is 2.87 bits per heavy atom. The summed E-state index contributed by atoms with van der Waals surface area (Å²) in [5.74, 6) is 2.94. The third kappa shape index (κ3) is 3.30. The van der Waals surface area contributed by atoms with Gasteiger partial charge in [0.05, 0.1) is 6.54 Å². The van der Waals surface area contributed by atoms with E-state index in [1.54, 1.807) is 11.3 Å². The van der Waals surface area contributed by atoms with Crippen LogP contribution < -0.4 is 0 Å². The summed E-state index contributed by atoms with van der Waals surface area (Å²) in [4.78, 5) is 2.51. The molecule has 2 aliphatic heterocycles. The lowest BCUT2D eigenvalue weighted by molar-refractivity contribution is 0.193. The van der Waals surface area contributed by atoms with Gasteiger partial charge in [0.1, 0.15) is 21.7 Å². The Balaban J connectivity index is 1.48. The number of likely N-dealkylation sites (tertiary alicyclic amines) is 1. The van der Waals surface area contributed by atoms with Crippen molar-refractivity contribution in [3.05, 3.63) is 21.7 Å². The van der Waals surface area contributed by atoms with Crippen molar-refractivity contribution in [2.75, 3.05) is 13.1 Å². The molecule has 4 heterocycles. The van der Waals surface area contributed by atoms with Crippen molar-refractivity contribution < 1.29 is 0 Å². The van der Waals surface area contributed by atoms with Crippen molar-refractivity contribution >= 4 is 11.3 Å². The van der Waals surface area contributed by atoms with E-state index in [1.807, 2.05) is 6.92 Å². The van der Waals surface area contributed by atoms with Crippen LogP contribution in [0.2, 0.25) is 0 Å². The summed E-state index contributed by atoms with van der Waals surface area (Å²) in [7, 11) is 0. The van der Waals surface area contributed by atoms with E-state index in [0.717, 1.165) is 42.6 Å². The van der Waals surface area contributed by atoms with Gasteiger partial charge in [-0.25, -0.2) is 0 Å². The van der Waals surface area contributed by atoms with Crippen molar-refractivity contribution in [3.63, 3.8) is 0 Å². The van der Waals surface area contributed by atoms with Crippen LogP contribution in [0.4, 0.5) is 0 Å². The second kappa shape index (κ2) is 6.65. The monoisotopic (exact) mass is 332 g/mol. The maximum absolute atomic E-state index is 4.57. The Hall–Kier alpha value is -1.34. The van der Waals surface area contributed by atoms with E-state index in [1.165, 1.54) is 43.8 Å². The molecule has 1 atom stereocenters.